The molecule has 2 N–H and O–H groups in total. The van der Waals surface area contributed by atoms with E-state index in [0.717, 1.165) is 20.8 Å². The summed E-state index contributed by atoms with van der Waals surface area (Å²) in [6.07, 6.45) is 2.99. The maximum absolute atomic E-state index is 12.0. The molecule has 0 aliphatic carbocycles. The smallest absolute Gasteiger partial charge is 0.244 e. The highest BCUT2D eigenvalue weighted by atomic mass is 32.2. The number of fused-ring (bicyclic) bond motifs is 1. The Balaban J connectivity index is 1.44. The molecule has 0 bridgehead atoms. The number of carbonyl (C=O) groups is 1. The lowest BCUT2D eigenvalue weighted by atomic mass is 10.2. The molecule has 0 unspecified atom stereocenters. The lowest BCUT2D eigenvalue weighted by molar-refractivity contribution is -0.116. The monoisotopic (exact) mass is 401 g/mol. The lowest BCUT2D eigenvalue weighted by Crippen LogP contribution is -2.33. The van der Waals surface area contributed by atoms with Gasteiger partial charge in [0, 0.05) is 19.2 Å². The highest BCUT2D eigenvalue weighted by Crippen LogP contribution is 2.22. The lowest BCUT2D eigenvalue weighted by Gasteiger charge is -2.07. The fourth-order valence-corrected chi connectivity index (χ4v) is 4.11. The number of benzene rings is 2. The van der Waals surface area contributed by atoms with Gasteiger partial charge in [-0.1, -0.05) is 42.5 Å². The van der Waals surface area contributed by atoms with Crippen molar-refractivity contribution in [3.8, 4) is 0 Å². The van der Waals surface area contributed by atoms with E-state index < -0.39 is 10.0 Å². The van der Waals surface area contributed by atoms with Gasteiger partial charge in [0.15, 0.2) is 0 Å². The zero-order chi connectivity index (χ0) is 19.1. The van der Waals surface area contributed by atoms with Crippen molar-refractivity contribution in [2.45, 2.75) is 6.54 Å². The molecule has 1 aromatic heterocycles. The standard InChI is InChI=1S/C19H19N3O3S2/c23-18(10-11-19-22-16-8-4-5-9-17(16)26-19)20-12-13-27(24,25)21-14-15-6-2-1-3-7-15/h1-11,21H,12-14H2,(H,20,23)/b11-10+. The maximum Gasteiger partial charge on any atom is 0.244 e. The molecule has 3 rings (SSSR count). The summed E-state index contributed by atoms with van der Waals surface area (Å²) >= 11 is 1.49. The van der Waals surface area contributed by atoms with Gasteiger partial charge in [0.2, 0.25) is 15.9 Å². The van der Waals surface area contributed by atoms with Crippen LogP contribution in [0.4, 0.5) is 0 Å². The van der Waals surface area contributed by atoms with E-state index in [-0.39, 0.29) is 24.7 Å². The van der Waals surface area contributed by atoms with Crippen molar-refractivity contribution in [2.75, 3.05) is 12.3 Å². The number of amides is 1. The first-order chi connectivity index (χ1) is 13.0. The molecule has 2 aromatic carbocycles. The normalized spacial score (nSPS) is 11.9. The van der Waals surface area contributed by atoms with Gasteiger partial charge < -0.3 is 5.32 Å². The molecule has 0 spiro atoms. The van der Waals surface area contributed by atoms with Crippen molar-refractivity contribution in [3.05, 3.63) is 71.2 Å². The van der Waals surface area contributed by atoms with Crippen LogP contribution in [0.5, 0.6) is 0 Å². The fraction of sp³-hybridized carbons (Fsp3) is 0.158. The molecule has 27 heavy (non-hydrogen) atoms. The maximum atomic E-state index is 12.0. The Kier molecular flexibility index (Phi) is 6.33. The SMILES string of the molecule is O=C(/C=C/c1nc2ccccc2s1)NCCS(=O)(=O)NCc1ccccc1. The molecule has 1 heterocycles. The zero-order valence-electron chi connectivity index (χ0n) is 14.5. The Hall–Kier alpha value is -2.55. The Morgan fingerprint density at radius 2 is 1.81 bits per heavy atom. The molecular weight excluding hydrogens is 382 g/mol. The third-order valence-corrected chi connectivity index (χ3v) is 6.02. The number of sulfonamides is 1. The minimum Gasteiger partial charge on any atom is -0.351 e. The predicted molar refractivity (Wildman–Crippen MR) is 109 cm³/mol. The van der Waals surface area contributed by atoms with Crippen LogP contribution in [0.25, 0.3) is 16.3 Å². The largest absolute Gasteiger partial charge is 0.351 e. The van der Waals surface area contributed by atoms with Crippen LogP contribution in [-0.2, 0) is 21.4 Å². The molecule has 1 amide bonds. The van der Waals surface area contributed by atoms with Crippen LogP contribution < -0.4 is 10.0 Å². The van der Waals surface area contributed by atoms with E-state index in [1.165, 1.54) is 17.4 Å². The van der Waals surface area contributed by atoms with Gasteiger partial charge in [-0.3, -0.25) is 4.79 Å². The number of aromatic nitrogens is 1. The second kappa shape index (κ2) is 8.90. The summed E-state index contributed by atoms with van der Waals surface area (Å²) in [5.41, 5.74) is 1.77. The molecule has 0 atom stereocenters. The number of thiazole rings is 1. The van der Waals surface area contributed by atoms with Crippen LogP contribution in [0.3, 0.4) is 0 Å². The Morgan fingerprint density at radius 1 is 1.07 bits per heavy atom. The summed E-state index contributed by atoms with van der Waals surface area (Å²) in [7, 11) is -3.46. The summed E-state index contributed by atoms with van der Waals surface area (Å²) in [6, 6.07) is 17.0. The summed E-state index contributed by atoms with van der Waals surface area (Å²) in [6.45, 7) is 0.266. The first kappa shape index (κ1) is 19.2. The summed E-state index contributed by atoms with van der Waals surface area (Å²) in [5.74, 6) is -0.534. The zero-order valence-corrected chi connectivity index (χ0v) is 16.1. The molecule has 0 radical (unpaired) electrons. The van der Waals surface area contributed by atoms with Gasteiger partial charge in [-0.05, 0) is 23.8 Å². The van der Waals surface area contributed by atoms with Crippen molar-refractivity contribution in [2.24, 2.45) is 0 Å². The van der Waals surface area contributed by atoms with Gasteiger partial charge in [0.1, 0.15) is 5.01 Å². The predicted octanol–water partition coefficient (Wildman–Crippen LogP) is 2.55. The highest BCUT2D eigenvalue weighted by Gasteiger charge is 2.10. The molecule has 8 heteroatoms. The molecule has 0 saturated heterocycles. The first-order valence-electron chi connectivity index (χ1n) is 8.35. The van der Waals surface area contributed by atoms with Crippen LogP contribution in [-0.4, -0.2) is 31.6 Å². The van der Waals surface area contributed by atoms with Gasteiger partial charge in [-0.2, -0.15) is 0 Å². The molecule has 0 saturated carbocycles. The number of hydrogen-bond donors (Lipinski definition) is 2. The van der Waals surface area contributed by atoms with Crippen molar-refractivity contribution in [1.29, 1.82) is 0 Å². The van der Waals surface area contributed by atoms with E-state index in [2.05, 4.69) is 15.0 Å². The highest BCUT2D eigenvalue weighted by molar-refractivity contribution is 7.89. The molecule has 140 valence electrons. The van der Waals surface area contributed by atoms with Crippen LogP contribution >= 0.6 is 11.3 Å². The molecule has 0 aliphatic heterocycles. The van der Waals surface area contributed by atoms with Gasteiger partial charge in [-0.25, -0.2) is 18.1 Å². The number of hydrogen-bond acceptors (Lipinski definition) is 5. The number of rotatable bonds is 8. The minimum absolute atomic E-state index is 0.0349. The van der Waals surface area contributed by atoms with E-state index in [1.54, 1.807) is 6.08 Å². The second-order valence-corrected chi connectivity index (χ2v) is 8.76. The Labute approximate surface area is 162 Å². The van der Waals surface area contributed by atoms with Crippen LogP contribution in [0.1, 0.15) is 10.6 Å². The van der Waals surface area contributed by atoms with Crippen molar-refractivity contribution >= 4 is 43.6 Å². The molecule has 0 aliphatic rings. The van der Waals surface area contributed by atoms with E-state index in [1.807, 2.05) is 54.6 Å². The van der Waals surface area contributed by atoms with E-state index in [4.69, 9.17) is 0 Å². The van der Waals surface area contributed by atoms with E-state index in [0.29, 0.717) is 0 Å². The molecule has 3 aromatic rings. The van der Waals surface area contributed by atoms with Gasteiger partial charge in [-0.15, -0.1) is 11.3 Å². The molecule has 6 nitrogen and oxygen atoms in total. The summed E-state index contributed by atoms with van der Waals surface area (Å²) < 4.78 is 27.5. The number of nitrogens with zero attached hydrogens (tertiary/aromatic N) is 1. The van der Waals surface area contributed by atoms with Crippen molar-refractivity contribution in [3.63, 3.8) is 0 Å². The third-order valence-electron chi connectivity index (χ3n) is 3.70. The van der Waals surface area contributed by atoms with Crippen LogP contribution in [0.15, 0.2) is 60.7 Å². The van der Waals surface area contributed by atoms with Crippen LogP contribution in [0, 0.1) is 0 Å². The third kappa shape index (κ3) is 5.99. The second-order valence-electron chi connectivity index (χ2n) is 5.77. The van der Waals surface area contributed by atoms with Gasteiger partial charge >= 0.3 is 0 Å². The molecule has 0 fully saturated rings. The topological polar surface area (TPSA) is 88.2 Å². The Morgan fingerprint density at radius 3 is 2.59 bits per heavy atom. The van der Waals surface area contributed by atoms with E-state index in [9.17, 15) is 13.2 Å². The number of carbonyl (C=O) groups excluding carboxylic acids is 1. The average Bonchev–Trinajstić information content (AvgIpc) is 3.09. The molecular formula is C19H19N3O3S2. The average molecular weight is 402 g/mol. The van der Waals surface area contributed by atoms with Gasteiger partial charge in [0.05, 0.1) is 16.0 Å². The number of para-hydroxylation sites is 1. The summed E-state index contributed by atoms with van der Waals surface area (Å²) in [5, 5.41) is 3.30. The number of nitrogens with one attached hydrogen (secondary N) is 2. The minimum atomic E-state index is -3.46. The fourth-order valence-electron chi connectivity index (χ4n) is 2.34. The summed E-state index contributed by atoms with van der Waals surface area (Å²) in [4.78, 5) is 16.3. The Bertz CT molecular complexity index is 1010. The van der Waals surface area contributed by atoms with E-state index >= 15 is 0 Å². The van der Waals surface area contributed by atoms with Crippen LogP contribution in [0.2, 0.25) is 0 Å². The first-order valence-corrected chi connectivity index (χ1v) is 10.8. The quantitative estimate of drug-likeness (QED) is 0.568. The van der Waals surface area contributed by atoms with Crippen molar-refractivity contribution in [1.82, 2.24) is 15.0 Å². The van der Waals surface area contributed by atoms with Crippen molar-refractivity contribution < 1.29 is 13.2 Å². The van der Waals surface area contributed by atoms with Gasteiger partial charge in [0.25, 0.3) is 0 Å².